The summed E-state index contributed by atoms with van der Waals surface area (Å²) in [5.74, 6) is -0.146. The number of fused-ring (bicyclic) bond motifs is 1. The van der Waals surface area contributed by atoms with E-state index in [-0.39, 0.29) is 5.91 Å². The number of hydrogen-bond donors (Lipinski definition) is 3. The van der Waals surface area contributed by atoms with Gasteiger partial charge in [0.25, 0.3) is 5.91 Å². The van der Waals surface area contributed by atoms with Crippen LogP contribution in [0.25, 0.3) is 0 Å². The van der Waals surface area contributed by atoms with E-state index in [4.69, 9.17) is 4.74 Å². The lowest BCUT2D eigenvalue weighted by atomic mass is 10.2. The Morgan fingerprint density at radius 2 is 2.30 bits per heavy atom. The predicted molar refractivity (Wildman–Crippen MR) is 71.1 cm³/mol. The molecule has 1 aliphatic rings. The Balaban J connectivity index is 1.61. The van der Waals surface area contributed by atoms with Crippen molar-refractivity contribution in [3.63, 3.8) is 0 Å². The number of H-pyrrole nitrogens is 2. The Bertz CT molecular complexity index is 616. The van der Waals surface area contributed by atoms with Gasteiger partial charge >= 0.3 is 0 Å². The molecule has 7 nitrogen and oxygen atoms in total. The van der Waals surface area contributed by atoms with Gasteiger partial charge in [0.1, 0.15) is 0 Å². The smallest absolute Gasteiger partial charge is 0.272 e. The number of hydrogen-bond acceptors (Lipinski definition) is 4. The molecule has 106 valence electrons. The highest BCUT2D eigenvalue weighted by molar-refractivity contribution is 5.94. The van der Waals surface area contributed by atoms with Gasteiger partial charge < -0.3 is 10.1 Å². The average Bonchev–Trinajstić information content (AvgIpc) is 3.12. The molecule has 0 aliphatic heterocycles. The number of ether oxygens (including phenoxy) is 1. The van der Waals surface area contributed by atoms with Gasteiger partial charge in [-0.3, -0.25) is 15.0 Å². The van der Waals surface area contributed by atoms with E-state index in [1.165, 1.54) is 0 Å². The lowest BCUT2D eigenvalue weighted by Gasteiger charge is -2.02. The van der Waals surface area contributed by atoms with Crippen molar-refractivity contribution < 1.29 is 9.53 Å². The molecule has 0 unspecified atom stereocenters. The number of rotatable bonds is 5. The topological polar surface area (TPSA) is 95.7 Å². The molecule has 0 spiro atoms. The summed E-state index contributed by atoms with van der Waals surface area (Å²) < 4.78 is 4.99. The van der Waals surface area contributed by atoms with E-state index in [1.54, 1.807) is 7.11 Å². The SMILES string of the molecule is COCc1cc(CNC(=O)c2n[nH]c3c2CCC3)[nH]n1. The maximum atomic E-state index is 12.1. The second-order valence-corrected chi connectivity index (χ2v) is 4.88. The Kier molecular flexibility index (Phi) is 3.51. The van der Waals surface area contributed by atoms with Crippen molar-refractivity contribution in [2.75, 3.05) is 7.11 Å². The van der Waals surface area contributed by atoms with Crippen molar-refractivity contribution in [1.29, 1.82) is 0 Å². The maximum absolute atomic E-state index is 12.1. The summed E-state index contributed by atoms with van der Waals surface area (Å²) in [5.41, 5.74) is 4.34. The van der Waals surface area contributed by atoms with Crippen molar-refractivity contribution in [2.45, 2.75) is 32.4 Å². The zero-order valence-corrected chi connectivity index (χ0v) is 11.3. The Morgan fingerprint density at radius 3 is 3.15 bits per heavy atom. The van der Waals surface area contributed by atoms with Crippen LogP contribution in [-0.2, 0) is 30.7 Å². The standard InChI is InChI=1S/C13H17N5O2/c1-20-7-9-5-8(15-16-9)6-14-13(19)12-10-3-2-4-11(10)17-18-12/h5H,2-4,6-7H2,1H3,(H,14,19)(H,15,16)(H,17,18). The van der Waals surface area contributed by atoms with Crippen LogP contribution in [0.15, 0.2) is 6.07 Å². The largest absolute Gasteiger partial charge is 0.378 e. The molecule has 7 heteroatoms. The van der Waals surface area contributed by atoms with Crippen LogP contribution in [0.3, 0.4) is 0 Å². The van der Waals surface area contributed by atoms with Gasteiger partial charge in [0.2, 0.25) is 0 Å². The van der Waals surface area contributed by atoms with Crippen molar-refractivity contribution in [1.82, 2.24) is 25.7 Å². The van der Waals surface area contributed by atoms with E-state index in [1.807, 2.05) is 6.07 Å². The lowest BCUT2D eigenvalue weighted by Crippen LogP contribution is -2.24. The summed E-state index contributed by atoms with van der Waals surface area (Å²) in [5, 5.41) is 16.8. The number of carbonyl (C=O) groups is 1. The molecule has 0 bridgehead atoms. The van der Waals surface area contributed by atoms with Crippen LogP contribution in [0, 0.1) is 0 Å². The van der Waals surface area contributed by atoms with Crippen molar-refractivity contribution in [3.05, 3.63) is 34.4 Å². The van der Waals surface area contributed by atoms with Crippen LogP contribution >= 0.6 is 0 Å². The second kappa shape index (κ2) is 5.46. The molecule has 20 heavy (non-hydrogen) atoms. The van der Waals surface area contributed by atoms with Gasteiger partial charge in [0.05, 0.1) is 24.5 Å². The van der Waals surface area contributed by atoms with Gasteiger partial charge in [-0.15, -0.1) is 0 Å². The Hall–Kier alpha value is -2.15. The van der Waals surface area contributed by atoms with E-state index in [0.717, 1.165) is 41.9 Å². The highest BCUT2D eigenvalue weighted by Crippen LogP contribution is 2.22. The average molecular weight is 275 g/mol. The molecule has 1 amide bonds. The van der Waals surface area contributed by atoms with Gasteiger partial charge in [-0.25, -0.2) is 0 Å². The highest BCUT2D eigenvalue weighted by Gasteiger charge is 2.22. The van der Waals surface area contributed by atoms with Crippen LogP contribution in [0.5, 0.6) is 0 Å². The van der Waals surface area contributed by atoms with Crippen LogP contribution in [0.1, 0.15) is 39.6 Å². The summed E-state index contributed by atoms with van der Waals surface area (Å²) in [6, 6.07) is 1.87. The molecular formula is C13H17N5O2. The van der Waals surface area contributed by atoms with Crippen LogP contribution in [0.4, 0.5) is 0 Å². The van der Waals surface area contributed by atoms with E-state index >= 15 is 0 Å². The van der Waals surface area contributed by atoms with E-state index in [0.29, 0.717) is 18.8 Å². The molecule has 2 heterocycles. The third-order valence-corrected chi connectivity index (χ3v) is 3.44. The molecule has 0 fully saturated rings. The number of methoxy groups -OCH3 is 1. The van der Waals surface area contributed by atoms with Crippen molar-refractivity contribution in [2.24, 2.45) is 0 Å². The van der Waals surface area contributed by atoms with Crippen molar-refractivity contribution >= 4 is 5.91 Å². The molecule has 0 atom stereocenters. The molecule has 1 aliphatic carbocycles. The quantitative estimate of drug-likeness (QED) is 0.748. The van der Waals surface area contributed by atoms with E-state index in [9.17, 15) is 4.79 Å². The number of aromatic nitrogens is 4. The summed E-state index contributed by atoms with van der Waals surface area (Å²) in [4.78, 5) is 12.1. The van der Waals surface area contributed by atoms with Crippen LogP contribution in [0.2, 0.25) is 0 Å². The molecule has 3 rings (SSSR count). The first-order valence-electron chi connectivity index (χ1n) is 6.64. The van der Waals surface area contributed by atoms with Gasteiger partial charge in [0, 0.05) is 18.4 Å². The molecular weight excluding hydrogens is 258 g/mol. The fraction of sp³-hybridized carbons (Fsp3) is 0.462. The third-order valence-electron chi connectivity index (χ3n) is 3.44. The first-order valence-corrected chi connectivity index (χ1v) is 6.64. The van der Waals surface area contributed by atoms with E-state index < -0.39 is 0 Å². The minimum atomic E-state index is -0.146. The zero-order valence-electron chi connectivity index (χ0n) is 11.3. The number of nitrogens with one attached hydrogen (secondary N) is 3. The van der Waals surface area contributed by atoms with Crippen LogP contribution < -0.4 is 5.32 Å². The normalized spacial score (nSPS) is 13.4. The zero-order chi connectivity index (χ0) is 13.9. The fourth-order valence-electron chi connectivity index (χ4n) is 2.49. The summed E-state index contributed by atoms with van der Waals surface area (Å²) in [6.07, 6.45) is 3.00. The molecule has 0 saturated carbocycles. The van der Waals surface area contributed by atoms with Crippen molar-refractivity contribution in [3.8, 4) is 0 Å². The third kappa shape index (κ3) is 2.44. The maximum Gasteiger partial charge on any atom is 0.272 e. The summed E-state index contributed by atoms with van der Waals surface area (Å²) >= 11 is 0. The summed E-state index contributed by atoms with van der Waals surface area (Å²) in [7, 11) is 1.62. The first kappa shape index (κ1) is 12.9. The lowest BCUT2D eigenvalue weighted by molar-refractivity contribution is 0.0944. The predicted octanol–water partition coefficient (Wildman–Crippen LogP) is 0.698. The van der Waals surface area contributed by atoms with Crippen LogP contribution in [-0.4, -0.2) is 33.4 Å². The minimum Gasteiger partial charge on any atom is -0.378 e. The number of amides is 1. The molecule has 0 saturated heterocycles. The number of aryl methyl sites for hydroxylation is 1. The number of nitrogens with zero attached hydrogens (tertiary/aromatic N) is 2. The van der Waals surface area contributed by atoms with Gasteiger partial charge in [-0.05, 0) is 25.3 Å². The van der Waals surface area contributed by atoms with Gasteiger partial charge in [0.15, 0.2) is 5.69 Å². The van der Waals surface area contributed by atoms with Gasteiger partial charge in [-0.1, -0.05) is 0 Å². The molecule has 3 N–H and O–H groups in total. The fourth-order valence-corrected chi connectivity index (χ4v) is 2.49. The minimum absolute atomic E-state index is 0.146. The first-order chi connectivity index (χ1) is 9.78. The number of carbonyl (C=O) groups excluding carboxylic acids is 1. The highest BCUT2D eigenvalue weighted by atomic mass is 16.5. The monoisotopic (exact) mass is 275 g/mol. The molecule has 2 aromatic rings. The van der Waals surface area contributed by atoms with E-state index in [2.05, 4.69) is 25.7 Å². The molecule has 2 aromatic heterocycles. The Morgan fingerprint density at radius 1 is 1.40 bits per heavy atom. The number of aromatic amines is 2. The summed E-state index contributed by atoms with van der Waals surface area (Å²) in [6.45, 7) is 0.856. The van der Waals surface area contributed by atoms with Gasteiger partial charge in [-0.2, -0.15) is 10.2 Å². The Labute approximate surface area is 116 Å². The molecule has 0 radical (unpaired) electrons. The second-order valence-electron chi connectivity index (χ2n) is 4.88. The molecule has 0 aromatic carbocycles.